The van der Waals surface area contributed by atoms with Crippen molar-refractivity contribution >= 4 is 8.80 Å². The van der Waals surface area contributed by atoms with E-state index in [1.54, 1.807) is 6.04 Å². The van der Waals surface area contributed by atoms with Gasteiger partial charge in [-0.05, 0) is 36.5 Å². The molecule has 1 radical (unpaired) electrons. The quantitative estimate of drug-likeness (QED) is 0.367. The molecule has 0 aromatic heterocycles. The van der Waals surface area contributed by atoms with Gasteiger partial charge in [-0.2, -0.15) is 5.26 Å². The van der Waals surface area contributed by atoms with E-state index in [4.69, 9.17) is 5.26 Å². The molecule has 1 aliphatic heterocycles. The molecule has 0 spiro atoms. The first-order chi connectivity index (χ1) is 11.3. The molecule has 1 fully saturated rings. The van der Waals surface area contributed by atoms with Gasteiger partial charge in [-0.25, -0.2) is 0 Å². The maximum Gasteiger partial charge on any atom is 0.0991 e. The molecule has 2 heteroatoms. The van der Waals surface area contributed by atoms with E-state index >= 15 is 0 Å². The zero-order chi connectivity index (χ0) is 16.3. The fourth-order valence-electron chi connectivity index (χ4n) is 3.77. The van der Waals surface area contributed by atoms with E-state index in [-0.39, 0.29) is 8.80 Å². The van der Waals surface area contributed by atoms with Gasteiger partial charge < -0.3 is 0 Å². The molecule has 125 valence electrons. The van der Waals surface area contributed by atoms with Crippen LogP contribution in [0.1, 0.15) is 81.8 Å². The molecule has 0 saturated carbocycles. The zero-order valence-electron chi connectivity index (χ0n) is 14.8. The Morgan fingerprint density at radius 2 is 1.57 bits per heavy atom. The van der Waals surface area contributed by atoms with Crippen LogP contribution in [-0.4, -0.2) is 8.80 Å². The van der Waals surface area contributed by atoms with Crippen molar-refractivity contribution in [2.24, 2.45) is 0 Å². The van der Waals surface area contributed by atoms with Crippen molar-refractivity contribution < 1.29 is 0 Å². The monoisotopic (exact) mass is 326 g/mol. The highest BCUT2D eigenvalue weighted by Crippen LogP contribution is 2.35. The summed E-state index contributed by atoms with van der Waals surface area (Å²) in [6, 6.07) is 15.1. The molecule has 1 aliphatic rings. The van der Waals surface area contributed by atoms with Crippen molar-refractivity contribution in [1.29, 1.82) is 5.26 Å². The van der Waals surface area contributed by atoms with Crippen LogP contribution >= 0.6 is 0 Å². The van der Waals surface area contributed by atoms with Crippen molar-refractivity contribution in [3.8, 4) is 6.07 Å². The third-order valence-corrected chi connectivity index (χ3v) is 8.39. The zero-order valence-corrected chi connectivity index (χ0v) is 15.8. The number of hydrogen-bond donors (Lipinski definition) is 0. The molecule has 23 heavy (non-hydrogen) atoms. The van der Waals surface area contributed by atoms with Crippen molar-refractivity contribution in [2.45, 2.75) is 88.8 Å². The summed E-state index contributed by atoms with van der Waals surface area (Å²) < 4.78 is 0. The second-order valence-corrected chi connectivity index (χ2v) is 10.1. The third-order valence-electron chi connectivity index (χ3n) is 5.34. The minimum Gasteiger partial charge on any atom is -0.192 e. The highest BCUT2D eigenvalue weighted by atomic mass is 28.3. The Kier molecular flexibility index (Phi) is 8.46. The molecule has 0 N–H and O–H groups in total. The number of nitrogens with zero attached hydrogens (tertiary/aromatic N) is 1. The van der Waals surface area contributed by atoms with Gasteiger partial charge in [-0.3, -0.25) is 0 Å². The lowest BCUT2D eigenvalue weighted by atomic mass is 9.93. The van der Waals surface area contributed by atoms with Crippen LogP contribution in [0.15, 0.2) is 24.3 Å². The number of hydrogen-bond acceptors (Lipinski definition) is 1. The minimum absolute atomic E-state index is 0.0496. The van der Waals surface area contributed by atoms with Crippen molar-refractivity contribution in [2.75, 3.05) is 0 Å². The summed E-state index contributed by atoms with van der Waals surface area (Å²) >= 11 is 0. The number of benzene rings is 1. The van der Waals surface area contributed by atoms with E-state index in [0.717, 1.165) is 11.5 Å². The Balaban J connectivity index is 1.59. The van der Waals surface area contributed by atoms with Gasteiger partial charge >= 0.3 is 0 Å². The summed E-state index contributed by atoms with van der Waals surface area (Å²) in [6.07, 6.45) is 12.9. The fraction of sp³-hybridized carbons (Fsp3) is 0.667. The maximum absolute atomic E-state index is 8.89. The van der Waals surface area contributed by atoms with Crippen LogP contribution in [0.5, 0.6) is 0 Å². The Labute approximate surface area is 144 Å². The van der Waals surface area contributed by atoms with Crippen LogP contribution in [0, 0.1) is 11.3 Å². The van der Waals surface area contributed by atoms with Gasteiger partial charge in [0, 0.05) is 8.80 Å². The van der Waals surface area contributed by atoms with Gasteiger partial charge in [0.2, 0.25) is 0 Å². The first kappa shape index (κ1) is 18.3. The Morgan fingerprint density at radius 3 is 2.17 bits per heavy atom. The molecule has 1 heterocycles. The third kappa shape index (κ3) is 6.51. The fourth-order valence-corrected chi connectivity index (χ4v) is 6.78. The van der Waals surface area contributed by atoms with Crippen LogP contribution in [0.3, 0.4) is 0 Å². The van der Waals surface area contributed by atoms with Crippen LogP contribution < -0.4 is 0 Å². The van der Waals surface area contributed by atoms with E-state index < -0.39 is 0 Å². The second kappa shape index (κ2) is 10.7. The smallest absolute Gasteiger partial charge is 0.0991 e. The van der Waals surface area contributed by atoms with E-state index in [2.05, 4.69) is 25.1 Å². The number of unbranched alkanes of at least 4 members (excludes halogenated alkanes) is 6. The molecule has 0 amide bonds. The highest BCUT2D eigenvalue weighted by molar-refractivity contribution is 6.59. The maximum atomic E-state index is 8.89. The summed E-state index contributed by atoms with van der Waals surface area (Å²) in [7, 11) is -0.0496. The van der Waals surface area contributed by atoms with E-state index in [9.17, 15) is 0 Å². The summed E-state index contributed by atoms with van der Waals surface area (Å²) in [6.45, 7) is 2.29. The SMILES string of the molecule is CCCCCCCCC[Si]1CCC(c2ccc(C#N)cc2)CC1. The molecule has 1 aromatic rings. The minimum atomic E-state index is -0.0496. The van der Waals surface area contributed by atoms with Crippen molar-refractivity contribution in [3.63, 3.8) is 0 Å². The first-order valence-corrected chi connectivity index (χ1v) is 11.8. The van der Waals surface area contributed by atoms with E-state index in [0.29, 0.717) is 0 Å². The molecular weight excluding hydrogens is 294 g/mol. The largest absolute Gasteiger partial charge is 0.192 e. The first-order valence-electron chi connectivity index (χ1n) is 9.67. The highest BCUT2D eigenvalue weighted by Gasteiger charge is 2.23. The van der Waals surface area contributed by atoms with Gasteiger partial charge in [0.1, 0.15) is 0 Å². The van der Waals surface area contributed by atoms with Crippen LogP contribution in [0.25, 0.3) is 0 Å². The topological polar surface area (TPSA) is 23.8 Å². The standard InChI is InChI=1S/C21H32NSi/c1-2-3-4-5-6-7-8-15-23-16-13-21(14-17-23)20-11-9-19(18-22)10-12-20/h9-12,21H,2-8,13-17H2,1H3. The molecule has 0 bridgehead atoms. The van der Waals surface area contributed by atoms with Crippen LogP contribution in [-0.2, 0) is 0 Å². The van der Waals surface area contributed by atoms with Gasteiger partial charge in [0.25, 0.3) is 0 Å². The van der Waals surface area contributed by atoms with E-state index in [1.165, 1.54) is 75.4 Å². The molecule has 1 nitrogen and oxygen atoms in total. The Bertz CT molecular complexity index is 466. The lowest BCUT2D eigenvalue weighted by Crippen LogP contribution is -2.20. The summed E-state index contributed by atoms with van der Waals surface area (Å²) in [5.74, 6) is 0.755. The molecule has 1 saturated heterocycles. The summed E-state index contributed by atoms with van der Waals surface area (Å²) in [5, 5.41) is 8.89. The van der Waals surface area contributed by atoms with Crippen molar-refractivity contribution in [1.82, 2.24) is 0 Å². The lowest BCUT2D eigenvalue weighted by Gasteiger charge is -2.27. The molecule has 1 aromatic carbocycles. The Hall–Kier alpha value is -1.07. The predicted octanol–water partition coefficient (Wildman–Crippen LogP) is 6.68. The van der Waals surface area contributed by atoms with Gasteiger partial charge in [0.15, 0.2) is 0 Å². The average molecular weight is 327 g/mol. The Morgan fingerprint density at radius 1 is 0.957 bits per heavy atom. The van der Waals surface area contributed by atoms with Crippen molar-refractivity contribution in [3.05, 3.63) is 35.4 Å². The van der Waals surface area contributed by atoms with E-state index in [1.807, 2.05) is 12.1 Å². The average Bonchev–Trinajstić information content (AvgIpc) is 2.61. The molecule has 2 rings (SSSR count). The van der Waals surface area contributed by atoms with Gasteiger partial charge in [-0.15, -0.1) is 0 Å². The normalized spacial score (nSPS) is 16.3. The number of nitriles is 1. The molecule has 0 aliphatic carbocycles. The summed E-state index contributed by atoms with van der Waals surface area (Å²) in [5.41, 5.74) is 2.24. The van der Waals surface area contributed by atoms with Gasteiger partial charge in [-0.1, -0.05) is 82.1 Å². The van der Waals surface area contributed by atoms with Crippen LogP contribution in [0.4, 0.5) is 0 Å². The van der Waals surface area contributed by atoms with Gasteiger partial charge in [0.05, 0.1) is 11.6 Å². The molecular formula is C21H32NSi. The van der Waals surface area contributed by atoms with Crippen LogP contribution in [0.2, 0.25) is 18.1 Å². The molecule has 0 unspecified atom stereocenters. The lowest BCUT2D eigenvalue weighted by molar-refractivity contribution is 0.589. The summed E-state index contributed by atoms with van der Waals surface area (Å²) in [4.78, 5) is 0. The predicted molar refractivity (Wildman–Crippen MR) is 101 cm³/mol. The molecule has 0 atom stereocenters. The second-order valence-electron chi connectivity index (χ2n) is 7.13. The number of rotatable bonds is 9.